The van der Waals surface area contributed by atoms with Gasteiger partial charge in [-0.1, -0.05) is 50.2 Å². The van der Waals surface area contributed by atoms with Crippen molar-refractivity contribution in [2.75, 3.05) is 31.1 Å². The van der Waals surface area contributed by atoms with E-state index in [2.05, 4.69) is 36.2 Å². The van der Waals surface area contributed by atoms with E-state index in [0.717, 1.165) is 37.4 Å². The van der Waals surface area contributed by atoms with Gasteiger partial charge in [-0.15, -0.1) is 0 Å². The van der Waals surface area contributed by atoms with Crippen LogP contribution in [0.1, 0.15) is 25.0 Å². The molecule has 1 N–H and O–H groups in total. The van der Waals surface area contributed by atoms with Crippen molar-refractivity contribution < 1.29 is 4.79 Å². The lowest BCUT2D eigenvalue weighted by Gasteiger charge is -2.32. The van der Waals surface area contributed by atoms with Crippen molar-refractivity contribution in [2.45, 2.75) is 20.3 Å². The van der Waals surface area contributed by atoms with Gasteiger partial charge in [-0.05, 0) is 36.3 Å². The van der Waals surface area contributed by atoms with Crippen LogP contribution < -0.4 is 10.2 Å². The van der Waals surface area contributed by atoms with Crippen LogP contribution in [0.25, 0.3) is 0 Å². The minimum Gasteiger partial charge on any atom is -0.336 e. The fourth-order valence-electron chi connectivity index (χ4n) is 3.25. The van der Waals surface area contributed by atoms with Gasteiger partial charge in [0, 0.05) is 19.5 Å². The Hall–Kier alpha value is -2.33. The Morgan fingerprint density at radius 2 is 1.54 bits per heavy atom. The molecular formula is C20H25N3O. The summed E-state index contributed by atoms with van der Waals surface area (Å²) in [6, 6.07) is 16.2. The van der Waals surface area contributed by atoms with Crippen molar-refractivity contribution >= 4 is 17.4 Å². The Morgan fingerprint density at radius 3 is 2.08 bits per heavy atom. The minimum atomic E-state index is -0.0539. The van der Waals surface area contributed by atoms with Crippen LogP contribution in [-0.4, -0.2) is 37.1 Å². The Morgan fingerprint density at radius 1 is 1.00 bits per heavy atom. The van der Waals surface area contributed by atoms with Crippen molar-refractivity contribution in [3.8, 4) is 0 Å². The van der Waals surface area contributed by atoms with Gasteiger partial charge < -0.3 is 10.2 Å². The lowest BCUT2D eigenvalue weighted by molar-refractivity contribution is 0.244. The van der Waals surface area contributed by atoms with Crippen molar-refractivity contribution in [2.24, 2.45) is 0 Å². The van der Waals surface area contributed by atoms with Crippen LogP contribution in [0.5, 0.6) is 0 Å². The third-order valence-corrected chi connectivity index (χ3v) is 4.65. The van der Waals surface area contributed by atoms with Crippen LogP contribution in [-0.2, 0) is 6.42 Å². The minimum absolute atomic E-state index is 0.0539. The molecule has 4 heteroatoms. The molecule has 0 bridgehead atoms. The molecule has 0 radical (unpaired) electrons. The van der Waals surface area contributed by atoms with Crippen molar-refractivity contribution in [1.82, 2.24) is 10.2 Å². The predicted octanol–water partition coefficient (Wildman–Crippen LogP) is 3.78. The molecular weight excluding hydrogens is 298 g/mol. The molecule has 1 aliphatic heterocycles. The highest BCUT2D eigenvalue weighted by Gasteiger charge is 2.26. The summed E-state index contributed by atoms with van der Waals surface area (Å²) in [5.41, 5.74) is 4.35. The monoisotopic (exact) mass is 323 g/mol. The van der Waals surface area contributed by atoms with Crippen LogP contribution >= 0.6 is 0 Å². The first-order valence-corrected chi connectivity index (χ1v) is 8.70. The normalized spacial score (nSPS) is 12.7. The van der Waals surface area contributed by atoms with E-state index >= 15 is 0 Å². The van der Waals surface area contributed by atoms with Gasteiger partial charge in [0.05, 0.1) is 11.4 Å². The number of carbonyl (C=O) groups excluding carboxylic acids is 1. The summed E-state index contributed by atoms with van der Waals surface area (Å²) < 4.78 is 0. The summed E-state index contributed by atoms with van der Waals surface area (Å²) in [6.45, 7) is 7.81. The predicted molar refractivity (Wildman–Crippen MR) is 99.0 cm³/mol. The van der Waals surface area contributed by atoms with Crippen LogP contribution in [0, 0.1) is 0 Å². The SMILES string of the molecule is CCN(CC)CCNC(=O)N1c2ccccc2Cc2ccccc21. The van der Waals surface area contributed by atoms with E-state index in [1.54, 1.807) is 0 Å². The lowest BCUT2D eigenvalue weighted by Crippen LogP contribution is -2.42. The Kier molecular flexibility index (Phi) is 5.16. The first kappa shape index (κ1) is 16.5. The summed E-state index contributed by atoms with van der Waals surface area (Å²) in [5.74, 6) is 0. The van der Waals surface area contributed by atoms with Crippen LogP contribution in [0.3, 0.4) is 0 Å². The smallest absolute Gasteiger partial charge is 0.326 e. The summed E-state index contributed by atoms with van der Waals surface area (Å²) in [5, 5.41) is 3.08. The molecule has 0 spiro atoms. The second-order valence-electron chi connectivity index (χ2n) is 6.03. The molecule has 0 fully saturated rings. The molecule has 0 atom stereocenters. The van der Waals surface area contributed by atoms with Crippen LogP contribution in [0.4, 0.5) is 16.2 Å². The molecule has 24 heavy (non-hydrogen) atoms. The van der Waals surface area contributed by atoms with Crippen molar-refractivity contribution in [1.29, 1.82) is 0 Å². The summed E-state index contributed by atoms with van der Waals surface area (Å²) in [7, 11) is 0. The molecule has 0 saturated heterocycles. The van der Waals surface area contributed by atoms with E-state index in [9.17, 15) is 4.79 Å². The molecule has 0 unspecified atom stereocenters. The third-order valence-electron chi connectivity index (χ3n) is 4.65. The third kappa shape index (κ3) is 3.29. The molecule has 0 aromatic heterocycles. The average Bonchev–Trinajstić information content (AvgIpc) is 2.63. The number of rotatable bonds is 5. The Balaban J connectivity index is 1.80. The second kappa shape index (κ2) is 7.49. The molecule has 2 aromatic carbocycles. The number of fused-ring (bicyclic) bond motifs is 2. The van der Waals surface area contributed by atoms with Gasteiger partial charge in [0.2, 0.25) is 0 Å². The second-order valence-corrected chi connectivity index (χ2v) is 6.03. The van der Waals surface area contributed by atoms with Crippen LogP contribution in [0.15, 0.2) is 48.5 Å². The van der Waals surface area contributed by atoms with Gasteiger partial charge in [0.25, 0.3) is 0 Å². The van der Waals surface area contributed by atoms with Crippen LogP contribution in [0.2, 0.25) is 0 Å². The molecule has 2 amide bonds. The number of hydrogen-bond acceptors (Lipinski definition) is 2. The number of nitrogens with zero attached hydrogens (tertiary/aromatic N) is 2. The van der Waals surface area contributed by atoms with Gasteiger partial charge in [-0.2, -0.15) is 0 Å². The summed E-state index contributed by atoms with van der Waals surface area (Å²) in [4.78, 5) is 17.0. The fourth-order valence-corrected chi connectivity index (χ4v) is 3.25. The molecule has 3 rings (SSSR count). The molecule has 0 aliphatic carbocycles. The van der Waals surface area contributed by atoms with E-state index in [1.807, 2.05) is 41.3 Å². The maximum Gasteiger partial charge on any atom is 0.326 e. The number of nitrogens with one attached hydrogen (secondary N) is 1. The van der Waals surface area contributed by atoms with E-state index in [1.165, 1.54) is 11.1 Å². The topological polar surface area (TPSA) is 35.6 Å². The van der Waals surface area contributed by atoms with E-state index in [-0.39, 0.29) is 6.03 Å². The zero-order chi connectivity index (χ0) is 16.9. The highest BCUT2D eigenvalue weighted by molar-refractivity contribution is 6.02. The molecule has 1 aliphatic rings. The summed E-state index contributed by atoms with van der Waals surface area (Å²) in [6.07, 6.45) is 0.871. The van der Waals surface area contributed by atoms with E-state index < -0.39 is 0 Å². The number of carbonyl (C=O) groups is 1. The summed E-state index contributed by atoms with van der Waals surface area (Å²) >= 11 is 0. The number of likely N-dealkylation sites (N-methyl/N-ethyl adjacent to an activating group) is 1. The molecule has 126 valence electrons. The average molecular weight is 323 g/mol. The maximum atomic E-state index is 12.9. The maximum absolute atomic E-state index is 12.9. The first-order valence-electron chi connectivity index (χ1n) is 8.70. The number of para-hydroxylation sites is 2. The quantitative estimate of drug-likeness (QED) is 0.909. The number of benzene rings is 2. The van der Waals surface area contributed by atoms with Gasteiger partial charge in [-0.25, -0.2) is 4.79 Å². The lowest BCUT2D eigenvalue weighted by atomic mass is 9.96. The zero-order valence-electron chi connectivity index (χ0n) is 14.5. The molecule has 1 heterocycles. The Bertz CT molecular complexity index is 664. The zero-order valence-corrected chi connectivity index (χ0v) is 14.5. The first-order chi connectivity index (χ1) is 11.7. The van der Waals surface area contributed by atoms with Crippen molar-refractivity contribution in [3.05, 3.63) is 59.7 Å². The van der Waals surface area contributed by atoms with Gasteiger partial charge >= 0.3 is 6.03 Å². The highest BCUT2D eigenvalue weighted by atomic mass is 16.2. The molecule has 0 saturated carbocycles. The van der Waals surface area contributed by atoms with Crippen molar-refractivity contribution in [3.63, 3.8) is 0 Å². The van der Waals surface area contributed by atoms with Gasteiger partial charge in [-0.3, -0.25) is 4.90 Å². The number of urea groups is 1. The van der Waals surface area contributed by atoms with Gasteiger partial charge in [0.15, 0.2) is 0 Å². The fraction of sp³-hybridized carbons (Fsp3) is 0.350. The van der Waals surface area contributed by atoms with E-state index in [4.69, 9.17) is 0 Å². The number of amides is 2. The van der Waals surface area contributed by atoms with E-state index in [0.29, 0.717) is 6.54 Å². The molecule has 2 aromatic rings. The largest absolute Gasteiger partial charge is 0.336 e. The van der Waals surface area contributed by atoms with Gasteiger partial charge in [0.1, 0.15) is 0 Å². The number of hydrogen-bond donors (Lipinski definition) is 1. The molecule has 4 nitrogen and oxygen atoms in total. The Labute approximate surface area is 144 Å². The standard InChI is InChI=1S/C20H25N3O/c1-3-22(4-2)14-13-21-20(24)23-18-11-7-5-9-16(18)15-17-10-6-8-12-19(17)23/h5-12H,3-4,13-15H2,1-2H3,(H,21,24). The highest BCUT2D eigenvalue weighted by Crippen LogP contribution is 2.38. The number of anilines is 2.